The molecule has 1 aromatic carbocycles. The lowest BCUT2D eigenvalue weighted by Gasteiger charge is -2.07. The van der Waals surface area contributed by atoms with Crippen LogP contribution in [0.5, 0.6) is 0 Å². The fourth-order valence-electron chi connectivity index (χ4n) is 2.01. The average molecular weight is 302 g/mol. The van der Waals surface area contributed by atoms with E-state index in [2.05, 4.69) is 38.8 Å². The number of para-hydroxylation sites is 1. The molecule has 0 saturated heterocycles. The van der Waals surface area contributed by atoms with Crippen LogP contribution in [0.25, 0.3) is 10.9 Å². The summed E-state index contributed by atoms with van der Waals surface area (Å²) in [4.78, 5) is 7.53. The molecule has 0 bridgehead atoms. The highest BCUT2D eigenvalue weighted by Gasteiger charge is 2.02. The Balaban J connectivity index is 1.51. The molecule has 0 aliphatic heterocycles. The fourth-order valence-corrected chi connectivity index (χ4v) is 2.80. The lowest BCUT2D eigenvalue weighted by molar-refractivity contribution is 0.856. The van der Waals surface area contributed by atoms with E-state index in [1.54, 1.807) is 6.20 Å². The smallest absolute Gasteiger partial charge is 0.188 e. The third-order valence-electron chi connectivity index (χ3n) is 2.92. The summed E-state index contributed by atoms with van der Waals surface area (Å²) in [6.45, 7) is 0.782. The van der Waals surface area contributed by atoms with Crippen LogP contribution in [0.4, 0.5) is 5.13 Å². The number of aromatic nitrogens is 2. The van der Waals surface area contributed by atoms with Crippen LogP contribution >= 0.6 is 23.6 Å². The number of nitrogens with one attached hydrogen (secondary N) is 3. The molecule has 0 unspecified atom stereocenters. The fraction of sp³-hybridized carbons (Fsp3) is 0.143. The van der Waals surface area contributed by atoms with Crippen LogP contribution in [0.3, 0.4) is 0 Å². The van der Waals surface area contributed by atoms with Crippen molar-refractivity contribution in [3.05, 3.63) is 47.6 Å². The van der Waals surface area contributed by atoms with E-state index < -0.39 is 0 Å². The number of thiazole rings is 1. The Hall–Kier alpha value is -1.92. The number of thiocarbonyl (C=S) groups is 1. The quantitative estimate of drug-likeness (QED) is 0.648. The second-order valence-electron chi connectivity index (χ2n) is 4.35. The Labute approximate surface area is 126 Å². The van der Waals surface area contributed by atoms with Crippen molar-refractivity contribution in [2.24, 2.45) is 0 Å². The van der Waals surface area contributed by atoms with E-state index in [4.69, 9.17) is 12.2 Å². The van der Waals surface area contributed by atoms with Gasteiger partial charge in [-0.3, -0.25) is 0 Å². The summed E-state index contributed by atoms with van der Waals surface area (Å²) in [5.74, 6) is 0. The van der Waals surface area contributed by atoms with Crippen molar-refractivity contribution in [3.63, 3.8) is 0 Å². The van der Waals surface area contributed by atoms with Crippen molar-refractivity contribution in [3.8, 4) is 0 Å². The number of hydrogen-bond donors (Lipinski definition) is 3. The van der Waals surface area contributed by atoms with Gasteiger partial charge < -0.3 is 15.6 Å². The summed E-state index contributed by atoms with van der Waals surface area (Å²) < 4.78 is 0. The topological polar surface area (TPSA) is 52.7 Å². The number of aromatic amines is 1. The number of hydrogen-bond acceptors (Lipinski definition) is 3. The van der Waals surface area contributed by atoms with Gasteiger partial charge in [0.1, 0.15) is 0 Å². The van der Waals surface area contributed by atoms with E-state index in [1.807, 2.05) is 17.5 Å². The van der Waals surface area contributed by atoms with Gasteiger partial charge in [-0.1, -0.05) is 18.2 Å². The van der Waals surface area contributed by atoms with E-state index >= 15 is 0 Å². The maximum atomic E-state index is 5.22. The minimum atomic E-state index is 0.607. The zero-order valence-corrected chi connectivity index (χ0v) is 12.4. The van der Waals surface area contributed by atoms with Crippen molar-refractivity contribution in [2.45, 2.75) is 6.42 Å². The van der Waals surface area contributed by atoms with E-state index in [0.29, 0.717) is 5.11 Å². The highest BCUT2D eigenvalue weighted by atomic mass is 32.1. The van der Waals surface area contributed by atoms with E-state index in [0.717, 1.165) is 18.1 Å². The summed E-state index contributed by atoms with van der Waals surface area (Å²) in [5, 5.41) is 10.8. The molecule has 2 aromatic heterocycles. The number of nitrogens with zero attached hydrogens (tertiary/aromatic N) is 1. The molecule has 3 rings (SSSR count). The monoisotopic (exact) mass is 302 g/mol. The van der Waals surface area contributed by atoms with Gasteiger partial charge in [-0.15, -0.1) is 11.3 Å². The number of fused-ring (bicyclic) bond motifs is 1. The highest BCUT2D eigenvalue weighted by molar-refractivity contribution is 7.80. The molecule has 0 saturated carbocycles. The van der Waals surface area contributed by atoms with Gasteiger partial charge in [0.15, 0.2) is 10.2 Å². The second kappa shape index (κ2) is 6.02. The predicted octanol–water partition coefficient (Wildman–Crippen LogP) is 3.15. The molecule has 2 heterocycles. The molecule has 6 heteroatoms. The molecule has 3 aromatic rings. The molecule has 0 atom stereocenters. The van der Waals surface area contributed by atoms with Gasteiger partial charge in [-0.05, 0) is 29.7 Å². The van der Waals surface area contributed by atoms with Gasteiger partial charge in [0.2, 0.25) is 0 Å². The predicted molar refractivity (Wildman–Crippen MR) is 88.3 cm³/mol. The molecular weight excluding hydrogens is 288 g/mol. The normalized spacial score (nSPS) is 10.6. The zero-order chi connectivity index (χ0) is 13.8. The molecule has 0 aliphatic rings. The van der Waals surface area contributed by atoms with E-state index in [9.17, 15) is 0 Å². The largest absolute Gasteiger partial charge is 0.362 e. The van der Waals surface area contributed by atoms with E-state index in [-0.39, 0.29) is 0 Å². The lowest BCUT2D eigenvalue weighted by Crippen LogP contribution is -2.30. The first-order chi connectivity index (χ1) is 9.81. The van der Waals surface area contributed by atoms with Crippen LogP contribution in [0.1, 0.15) is 5.69 Å². The Morgan fingerprint density at radius 3 is 3.05 bits per heavy atom. The van der Waals surface area contributed by atoms with Crippen LogP contribution in [0.2, 0.25) is 0 Å². The Morgan fingerprint density at radius 2 is 2.25 bits per heavy atom. The standard InChI is InChI=1S/C14H14N4S2/c19-13(18-14-16-7-8-20-14)15-6-5-11-9-10-3-1-2-4-12(10)17-11/h1-4,7-9,17H,5-6H2,(H2,15,16,18,19). The number of anilines is 1. The summed E-state index contributed by atoms with van der Waals surface area (Å²) in [6, 6.07) is 10.5. The summed E-state index contributed by atoms with van der Waals surface area (Å²) in [7, 11) is 0. The Bertz CT molecular complexity index is 670. The Kier molecular flexibility index (Phi) is 3.94. The zero-order valence-electron chi connectivity index (χ0n) is 10.7. The summed E-state index contributed by atoms with van der Waals surface area (Å²) in [6.07, 6.45) is 2.65. The van der Waals surface area contributed by atoms with E-state index in [1.165, 1.54) is 27.9 Å². The number of H-pyrrole nitrogens is 1. The maximum absolute atomic E-state index is 5.22. The minimum absolute atomic E-state index is 0.607. The molecule has 20 heavy (non-hydrogen) atoms. The van der Waals surface area contributed by atoms with Crippen LogP contribution in [-0.4, -0.2) is 21.6 Å². The summed E-state index contributed by atoms with van der Waals surface area (Å²) >= 11 is 6.74. The number of rotatable bonds is 4. The molecule has 0 radical (unpaired) electrons. The van der Waals surface area contributed by atoms with Crippen molar-refractivity contribution in [1.82, 2.24) is 15.3 Å². The first kappa shape index (κ1) is 13.1. The van der Waals surface area contributed by atoms with Crippen LogP contribution in [-0.2, 0) is 6.42 Å². The molecule has 0 amide bonds. The third kappa shape index (κ3) is 3.15. The first-order valence-electron chi connectivity index (χ1n) is 6.32. The SMILES string of the molecule is S=C(NCCc1cc2ccccc2[nH]1)Nc1nccs1. The van der Waals surface area contributed by atoms with Crippen molar-refractivity contribution < 1.29 is 0 Å². The molecule has 102 valence electrons. The molecule has 4 nitrogen and oxygen atoms in total. The lowest BCUT2D eigenvalue weighted by atomic mass is 10.2. The molecular formula is C14H14N4S2. The molecule has 3 N–H and O–H groups in total. The average Bonchev–Trinajstić information content (AvgIpc) is 3.07. The second-order valence-corrected chi connectivity index (χ2v) is 5.65. The molecule has 0 aliphatic carbocycles. The van der Waals surface area contributed by atoms with Crippen molar-refractivity contribution in [2.75, 3.05) is 11.9 Å². The van der Waals surface area contributed by atoms with Crippen molar-refractivity contribution in [1.29, 1.82) is 0 Å². The molecule has 0 spiro atoms. The first-order valence-corrected chi connectivity index (χ1v) is 7.61. The summed E-state index contributed by atoms with van der Waals surface area (Å²) in [5.41, 5.74) is 2.38. The van der Waals surface area contributed by atoms with Gasteiger partial charge in [0.25, 0.3) is 0 Å². The minimum Gasteiger partial charge on any atom is -0.362 e. The number of benzene rings is 1. The van der Waals surface area contributed by atoms with Gasteiger partial charge in [-0.25, -0.2) is 4.98 Å². The van der Waals surface area contributed by atoms with Crippen molar-refractivity contribution >= 4 is 44.7 Å². The van der Waals surface area contributed by atoms with Crippen LogP contribution in [0.15, 0.2) is 41.9 Å². The third-order valence-corrected chi connectivity index (χ3v) is 3.85. The van der Waals surface area contributed by atoms with Gasteiger partial charge in [0, 0.05) is 35.8 Å². The van der Waals surface area contributed by atoms with Crippen LogP contribution < -0.4 is 10.6 Å². The van der Waals surface area contributed by atoms with Gasteiger partial charge in [0.05, 0.1) is 0 Å². The van der Waals surface area contributed by atoms with Gasteiger partial charge in [-0.2, -0.15) is 0 Å². The highest BCUT2D eigenvalue weighted by Crippen LogP contribution is 2.14. The van der Waals surface area contributed by atoms with Gasteiger partial charge >= 0.3 is 0 Å². The maximum Gasteiger partial charge on any atom is 0.188 e. The molecule has 0 fully saturated rings. The Morgan fingerprint density at radius 1 is 1.35 bits per heavy atom. The van der Waals surface area contributed by atoms with Crippen LogP contribution in [0, 0.1) is 0 Å².